The van der Waals surface area contributed by atoms with E-state index >= 15 is 0 Å². The number of ether oxygens (including phenoxy) is 1. The number of hydrogen-bond acceptors (Lipinski definition) is 4. The van der Waals surface area contributed by atoms with Gasteiger partial charge >= 0.3 is 6.09 Å². The van der Waals surface area contributed by atoms with Gasteiger partial charge in [0.05, 0.1) is 6.20 Å². The van der Waals surface area contributed by atoms with E-state index in [9.17, 15) is 4.79 Å². The van der Waals surface area contributed by atoms with Crippen molar-refractivity contribution in [3.8, 4) is 0 Å². The molecule has 9 heteroatoms. The molecule has 1 amide bonds. The fraction of sp³-hybridized carbons (Fsp3) is 0.643. The highest BCUT2D eigenvalue weighted by Gasteiger charge is 2.15. The van der Waals surface area contributed by atoms with Gasteiger partial charge in [-0.05, 0) is 20.8 Å². The molecule has 0 aromatic carbocycles. The molecule has 0 radical (unpaired) electrons. The van der Waals surface area contributed by atoms with Gasteiger partial charge < -0.3 is 20.7 Å². The van der Waals surface area contributed by atoms with Crippen molar-refractivity contribution in [3.05, 3.63) is 18.0 Å². The molecule has 0 aliphatic rings. The lowest BCUT2D eigenvalue weighted by Gasteiger charge is -2.19. The Morgan fingerprint density at radius 3 is 2.48 bits per heavy atom. The predicted molar refractivity (Wildman–Crippen MR) is 101 cm³/mol. The van der Waals surface area contributed by atoms with Gasteiger partial charge in [-0.2, -0.15) is 5.10 Å². The Morgan fingerprint density at radius 2 is 1.96 bits per heavy atom. The van der Waals surface area contributed by atoms with E-state index in [-0.39, 0.29) is 24.0 Å². The number of alkyl carbamates (subject to hydrolysis) is 1. The first-order valence-corrected chi connectivity index (χ1v) is 7.19. The zero-order chi connectivity index (χ0) is 16.6. The van der Waals surface area contributed by atoms with Crippen molar-refractivity contribution >= 4 is 36.0 Å². The number of carbonyl (C=O) groups is 1. The lowest BCUT2D eigenvalue weighted by molar-refractivity contribution is 0.0529. The minimum absolute atomic E-state index is 0. The fourth-order valence-electron chi connectivity index (χ4n) is 1.63. The summed E-state index contributed by atoms with van der Waals surface area (Å²) in [6, 6.07) is 0. The molecule has 0 saturated heterocycles. The van der Waals surface area contributed by atoms with Crippen molar-refractivity contribution in [1.29, 1.82) is 0 Å². The molecule has 8 nitrogen and oxygen atoms in total. The van der Waals surface area contributed by atoms with Crippen molar-refractivity contribution < 1.29 is 9.53 Å². The largest absolute Gasteiger partial charge is 0.444 e. The highest BCUT2D eigenvalue weighted by atomic mass is 127. The maximum atomic E-state index is 11.5. The zero-order valence-electron chi connectivity index (χ0n) is 14.3. The summed E-state index contributed by atoms with van der Waals surface area (Å²) in [6.07, 6.45) is 3.31. The maximum absolute atomic E-state index is 11.5. The maximum Gasteiger partial charge on any atom is 0.407 e. The van der Waals surface area contributed by atoms with Crippen molar-refractivity contribution in [2.45, 2.75) is 32.9 Å². The Morgan fingerprint density at radius 1 is 1.30 bits per heavy atom. The van der Waals surface area contributed by atoms with Crippen LogP contribution in [0.3, 0.4) is 0 Å². The molecule has 1 rings (SSSR count). The first kappa shape index (κ1) is 21.5. The number of hydrogen-bond donors (Lipinski definition) is 3. The minimum Gasteiger partial charge on any atom is -0.444 e. The second-order valence-electron chi connectivity index (χ2n) is 5.80. The number of aliphatic imine (C=N–C) groups is 1. The Kier molecular flexibility index (Phi) is 9.61. The number of aryl methyl sites for hydroxylation is 1. The third-order valence-electron chi connectivity index (χ3n) is 2.53. The molecule has 0 unspecified atom stereocenters. The number of halogens is 1. The standard InChI is InChI=1S/C14H26N6O2.HI/c1-14(2,3)22-13(21)17-7-6-16-12(15-4)18-8-11-9-19-20(5)10-11;/h9-10H,6-8H2,1-5H3,(H,17,21)(H2,15,16,18);1H. The Hall–Kier alpha value is -1.52. The van der Waals surface area contributed by atoms with Crippen LogP contribution in [0.5, 0.6) is 0 Å². The summed E-state index contributed by atoms with van der Waals surface area (Å²) in [5.74, 6) is 0.662. The highest BCUT2D eigenvalue weighted by molar-refractivity contribution is 14.0. The highest BCUT2D eigenvalue weighted by Crippen LogP contribution is 2.05. The van der Waals surface area contributed by atoms with Gasteiger partial charge in [0.25, 0.3) is 0 Å². The van der Waals surface area contributed by atoms with E-state index in [0.717, 1.165) is 5.56 Å². The third-order valence-corrected chi connectivity index (χ3v) is 2.53. The van der Waals surface area contributed by atoms with Crippen molar-refractivity contribution in [3.63, 3.8) is 0 Å². The van der Waals surface area contributed by atoms with E-state index in [1.807, 2.05) is 34.0 Å². The van der Waals surface area contributed by atoms with Crippen LogP contribution in [0.4, 0.5) is 4.79 Å². The summed E-state index contributed by atoms with van der Waals surface area (Å²) in [4.78, 5) is 15.6. The van der Waals surface area contributed by atoms with Gasteiger partial charge in [0.15, 0.2) is 5.96 Å². The van der Waals surface area contributed by atoms with Crippen molar-refractivity contribution in [2.24, 2.45) is 12.0 Å². The van der Waals surface area contributed by atoms with Gasteiger partial charge in [-0.1, -0.05) is 0 Å². The molecule has 0 saturated carbocycles. The minimum atomic E-state index is -0.487. The Balaban J connectivity index is 0.00000484. The molecule has 1 heterocycles. The van der Waals surface area contributed by atoms with E-state index in [0.29, 0.717) is 25.6 Å². The monoisotopic (exact) mass is 438 g/mol. The topological polar surface area (TPSA) is 92.6 Å². The van der Waals surface area contributed by atoms with Gasteiger partial charge in [0.1, 0.15) is 5.60 Å². The number of rotatable bonds is 5. The second kappa shape index (κ2) is 10.3. The molecule has 0 aliphatic heterocycles. The van der Waals surface area contributed by atoms with Crippen molar-refractivity contribution in [2.75, 3.05) is 20.1 Å². The molecule has 0 spiro atoms. The Bertz CT molecular complexity index is 510. The molecule has 1 aromatic heterocycles. The number of amides is 1. The quantitative estimate of drug-likeness (QED) is 0.278. The van der Waals surface area contributed by atoms with Crippen molar-refractivity contribution in [1.82, 2.24) is 25.7 Å². The predicted octanol–water partition coefficient (Wildman–Crippen LogP) is 1.23. The van der Waals surface area contributed by atoms with Crippen LogP contribution in [0.25, 0.3) is 0 Å². The summed E-state index contributed by atoms with van der Waals surface area (Å²) in [5.41, 5.74) is 0.580. The summed E-state index contributed by atoms with van der Waals surface area (Å²) < 4.78 is 6.89. The average molecular weight is 438 g/mol. The zero-order valence-corrected chi connectivity index (χ0v) is 16.7. The van der Waals surface area contributed by atoms with Crippen LogP contribution < -0.4 is 16.0 Å². The van der Waals surface area contributed by atoms with E-state index < -0.39 is 11.7 Å². The molecular formula is C14H27IN6O2. The van der Waals surface area contributed by atoms with Gasteiger partial charge in [0, 0.05) is 45.5 Å². The van der Waals surface area contributed by atoms with E-state index in [4.69, 9.17) is 4.74 Å². The number of nitrogens with zero attached hydrogens (tertiary/aromatic N) is 3. The molecule has 3 N–H and O–H groups in total. The number of aromatic nitrogens is 2. The van der Waals surface area contributed by atoms with E-state index in [2.05, 4.69) is 26.0 Å². The molecule has 0 atom stereocenters. The first-order chi connectivity index (χ1) is 10.3. The summed E-state index contributed by atoms with van der Waals surface area (Å²) >= 11 is 0. The third kappa shape index (κ3) is 9.97. The van der Waals surface area contributed by atoms with Crippen LogP contribution in [0, 0.1) is 0 Å². The lowest BCUT2D eigenvalue weighted by atomic mass is 10.2. The molecule has 0 fully saturated rings. The number of carbonyl (C=O) groups excluding carboxylic acids is 1. The van der Waals surface area contributed by atoms with Crippen LogP contribution in [0.15, 0.2) is 17.4 Å². The van der Waals surface area contributed by atoms with Crippen LogP contribution >= 0.6 is 24.0 Å². The van der Waals surface area contributed by atoms with Gasteiger partial charge in [-0.3, -0.25) is 9.67 Å². The fourth-order valence-corrected chi connectivity index (χ4v) is 1.63. The number of guanidine groups is 1. The van der Waals surface area contributed by atoms with Gasteiger partial charge in [-0.15, -0.1) is 24.0 Å². The lowest BCUT2D eigenvalue weighted by Crippen LogP contribution is -2.42. The van der Waals surface area contributed by atoms with Gasteiger partial charge in [-0.25, -0.2) is 4.79 Å². The van der Waals surface area contributed by atoms with Gasteiger partial charge in [0.2, 0.25) is 0 Å². The number of nitrogens with one attached hydrogen (secondary N) is 3. The summed E-state index contributed by atoms with van der Waals surface area (Å²) in [7, 11) is 3.57. The average Bonchev–Trinajstić information content (AvgIpc) is 2.81. The Labute approximate surface area is 154 Å². The normalized spacial score (nSPS) is 11.4. The smallest absolute Gasteiger partial charge is 0.407 e. The molecule has 23 heavy (non-hydrogen) atoms. The molecular weight excluding hydrogens is 411 g/mol. The van der Waals surface area contributed by atoms with Crippen LogP contribution in [-0.4, -0.2) is 47.6 Å². The molecule has 1 aromatic rings. The van der Waals surface area contributed by atoms with Crippen LogP contribution in [0.1, 0.15) is 26.3 Å². The molecule has 0 aliphatic carbocycles. The summed E-state index contributed by atoms with van der Waals surface area (Å²) in [5, 5.41) is 13.0. The van der Waals surface area contributed by atoms with Crippen LogP contribution in [-0.2, 0) is 18.3 Å². The summed E-state index contributed by atoms with van der Waals surface area (Å²) in [6.45, 7) is 7.11. The van der Waals surface area contributed by atoms with E-state index in [1.165, 1.54) is 0 Å². The second-order valence-corrected chi connectivity index (χ2v) is 5.80. The molecule has 132 valence electrons. The SMILES string of the molecule is CN=C(NCCNC(=O)OC(C)(C)C)NCc1cnn(C)c1.I. The first-order valence-electron chi connectivity index (χ1n) is 7.19. The van der Waals surface area contributed by atoms with E-state index in [1.54, 1.807) is 17.9 Å². The molecule has 0 bridgehead atoms. The van der Waals surface area contributed by atoms with Crippen LogP contribution in [0.2, 0.25) is 0 Å².